The summed E-state index contributed by atoms with van der Waals surface area (Å²) in [6, 6.07) is 3.78. The summed E-state index contributed by atoms with van der Waals surface area (Å²) in [5.41, 5.74) is 2.99. The number of nitrogens with zero attached hydrogens (tertiary/aromatic N) is 3. The van der Waals surface area contributed by atoms with Crippen LogP contribution in [0.25, 0.3) is 0 Å². The number of anilines is 1. The summed E-state index contributed by atoms with van der Waals surface area (Å²) in [5.74, 6) is 5.79. The van der Waals surface area contributed by atoms with Gasteiger partial charge in [-0.1, -0.05) is 0 Å². The van der Waals surface area contributed by atoms with Crippen LogP contribution < -0.4 is 11.3 Å². The van der Waals surface area contributed by atoms with Crippen molar-refractivity contribution >= 4 is 11.7 Å². The first-order chi connectivity index (χ1) is 9.13. The van der Waals surface area contributed by atoms with Gasteiger partial charge in [0.25, 0.3) is 5.91 Å². The van der Waals surface area contributed by atoms with Gasteiger partial charge in [-0.3, -0.25) is 4.79 Å². The molecule has 1 amide bonds. The number of carbonyl (C=O) groups excluding carboxylic acids is 1. The summed E-state index contributed by atoms with van der Waals surface area (Å²) in [4.78, 5) is 20.6. The smallest absolute Gasteiger partial charge is 0.257 e. The van der Waals surface area contributed by atoms with E-state index < -0.39 is 0 Å². The molecule has 1 aromatic heterocycles. The van der Waals surface area contributed by atoms with E-state index in [0.717, 1.165) is 25.9 Å². The van der Waals surface area contributed by atoms with Gasteiger partial charge in [-0.15, -0.1) is 0 Å². The minimum absolute atomic E-state index is 0.0318. The Bertz CT molecular complexity index is 442. The number of hydrazine groups is 1. The number of nitrogen functional groups attached to an aromatic ring is 1. The van der Waals surface area contributed by atoms with E-state index in [4.69, 9.17) is 5.84 Å². The van der Waals surface area contributed by atoms with Crippen molar-refractivity contribution in [2.24, 2.45) is 5.84 Å². The summed E-state index contributed by atoms with van der Waals surface area (Å²) >= 11 is 0. The fourth-order valence-electron chi connectivity index (χ4n) is 2.43. The quantitative estimate of drug-likeness (QED) is 0.615. The molecule has 0 aromatic carbocycles. The van der Waals surface area contributed by atoms with E-state index in [2.05, 4.69) is 22.4 Å². The Morgan fingerprint density at radius 1 is 1.53 bits per heavy atom. The molecule has 6 nitrogen and oxygen atoms in total. The SMILES string of the molecule is CN1CCC(N(C)C(=O)c2cccnc2NN)CC1. The van der Waals surface area contributed by atoms with Crippen LogP contribution in [0.15, 0.2) is 18.3 Å². The minimum Gasteiger partial charge on any atom is -0.339 e. The van der Waals surface area contributed by atoms with Crippen molar-refractivity contribution in [2.45, 2.75) is 18.9 Å². The second-order valence-electron chi connectivity index (χ2n) is 4.99. The number of hydrogen-bond donors (Lipinski definition) is 2. The van der Waals surface area contributed by atoms with Crippen LogP contribution in [-0.2, 0) is 0 Å². The Labute approximate surface area is 113 Å². The fourth-order valence-corrected chi connectivity index (χ4v) is 2.43. The van der Waals surface area contributed by atoms with Gasteiger partial charge in [-0.2, -0.15) is 0 Å². The molecule has 0 saturated carbocycles. The van der Waals surface area contributed by atoms with E-state index >= 15 is 0 Å². The number of piperidine rings is 1. The highest BCUT2D eigenvalue weighted by atomic mass is 16.2. The van der Waals surface area contributed by atoms with Gasteiger partial charge >= 0.3 is 0 Å². The first kappa shape index (κ1) is 13.8. The summed E-state index contributed by atoms with van der Waals surface area (Å²) in [6.07, 6.45) is 3.62. The predicted molar refractivity (Wildman–Crippen MR) is 74.7 cm³/mol. The number of nitrogens with two attached hydrogens (primary N) is 1. The van der Waals surface area contributed by atoms with E-state index in [1.54, 1.807) is 18.3 Å². The summed E-state index contributed by atoms with van der Waals surface area (Å²) in [7, 11) is 3.96. The van der Waals surface area contributed by atoms with Crippen LogP contribution >= 0.6 is 0 Å². The number of pyridine rings is 1. The average Bonchev–Trinajstić information content (AvgIpc) is 2.46. The number of aromatic nitrogens is 1. The second-order valence-corrected chi connectivity index (χ2v) is 4.99. The second kappa shape index (κ2) is 5.99. The fraction of sp³-hybridized carbons (Fsp3) is 0.538. The molecule has 1 aliphatic rings. The number of nitrogens with one attached hydrogen (secondary N) is 1. The van der Waals surface area contributed by atoms with Crippen LogP contribution in [0.3, 0.4) is 0 Å². The normalized spacial score (nSPS) is 17.2. The maximum absolute atomic E-state index is 12.5. The molecular weight excluding hydrogens is 242 g/mol. The van der Waals surface area contributed by atoms with E-state index in [1.807, 2.05) is 11.9 Å². The van der Waals surface area contributed by atoms with E-state index in [9.17, 15) is 4.79 Å². The van der Waals surface area contributed by atoms with E-state index in [0.29, 0.717) is 11.4 Å². The molecule has 1 saturated heterocycles. The van der Waals surface area contributed by atoms with Crippen molar-refractivity contribution in [3.63, 3.8) is 0 Å². The molecule has 104 valence electrons. The van der Waals surface area contributed by atoms with Gasteiger partial charge in [0.05, 0.1) is 5.56 Å². The predicted octanol–water partition coefficient (Wildman–Crippen LogP) is 0.533. The summed E-state index contributed by atoms with van der Waals surface area (Å²) in [5, 5.41) is 0. The van der Waals surface area contributed by atoms with Crippen molar-refractivity contribution in [2.75, 3.05) is 32.6 Å². The monoisotopic (exact) mass is 263 g/mol. The number of rotatable bonds is 3. The van der Waals surface area contributed by atoms with Gasteiger partial charge in [0, 0.05) is 19.3 Å². The zero-order chi connectivity index (χ0) is 13.8. The zero-order valence-electron chi connectivity index (χ0n) is 11.5. The number of amides is 1. The van der Waals surface area contributed by atoms with Crippen LogP contribution in [0, 0.1) is 0 Å². The highest BCUT2D eigenvalue weighted by Crippen LogP contribution is 2.19. The number of likely N-dealkylation sites (tertiary alicyclic amines) is 1. The van der Waals surface area contributed by atoms with Crippen LogP contribution in [-0.4, -0.2) is 53.9 Å². The van der Waals surface area contributed by atoms with Gasteiger partial charge in [0.15, 0.2) is 5.82 Å². The Balaban J connectivity index is 2.10. The maximum Gasteiger partial charge on any atom is 0.257 e. The molecule has 2 heterocycles. The third kappa shape index (κ3) is 3.02. The molecule has 0 bridgehead atoms. The van der Waals surface area contributed by atoms with Crippen molar-refractivity contribution in [1.82, 2.24) is 14.8 Å². The van der Waals surface area contributed by atoms with Gasteiger partial charge < -0.3 is 15.2 Å². The Morgan fingerprint density at radius 2 is 2.21 bits per heavy atom. The summed E-state index contributed by atoms with van der Waals surface area (Å²) < 4.78 is 0. The Morgan fingerprint density at radius 3 is 2.84 bits per heavy atom. The largest absolute Gasteiger partial charge is 0.339 e. The van der Waals surface area contributed by atoms with Gasteiger partial charge in [-0.25, -0.2) is 10.8 Å². The minimum atomic E-state index is -0.0318. The number of hydrogen-bond acceptors (Lipinski definition) is 5. The van der Waals surface area contributed by atoms with Gasteiger partial charge in [0.2, 0.25) is 0 Å². The van der Waals surface area contributed by atoms with Gasteiger partial charge in [-0.05, 0) is 45.1 Å². The Kier molecular flexibility index (Phi) is 4.34. The molecule has 1 aromatic rings. The average molecular weight is 263 g/mol. The van der Waals surface area contributed by atoms with Crippen molar-refractivity contribution in [3.05, 3.63) is 23.9 Å². The molecule has 3 N–H and O–H groups in total. The lowest BCUT2D eigenvalue weighted by Crippen LogP contribution is -2.44. The van der Waals surface area contributed by atoms with Gasteiger partial charge in [0.1, 0.15) is 0 Å². The molecule has 0 unspecified atom stereocenters. The molecule has 2 rings (SSSR count). The standard InChI is InChI=1S/C13H21N5O/c1-17-8-5-10(6-9-17)18(2)13(19)11-4-3-7-15-12(11)16-14/h3-4,7,10H,5-6,8-9,14H2,1-2H3,(H,15,16). The lowest BCUT2D eigenvalue weighted by atomic mass is 10.0. The first-order valence-electron chi connectivity index (χ1n) is 6.51. The molecule has 19 heavy (non-hydrogen) atoms. The topological polar surface area (TPSA) is 74.5 Å². The molecule has 0 spiro atoms. The van der Waals surface area contributed by atoms with Crippen LogP contribution in [0.5, 0.6) is 0 Å². The van der Waals surface area contributed by atoms with Crippen molar-refractivity contribution < 1.29 is 4.79 Å². The molecule has 1 aliphatic heterocycles. The third-order valence-corrected chi connectivity index (χ3v) is 3.73. The van der Waals surface area contributed by atoms with Crippen LogP contribution in [0.2, 0.25) is 0 Å². The molecule has 0 atom stereocenters. The summed E-state index contributed by atoms with van der Waals surface area (Å²) in [6.45, 7) is 2.05. The maximum atomic E-state index is 12.5. The Hall–Kier alpha value is -1.66. The molecular formula is C13H21N5O. The molecule has 0 aliphatic carbocycles. The van der Waals surface area contributed by atoms with Crippen LogP contribution in [0.4, 0.5) is 5.82 Å². The number of carbonyl (C=O) groups is 1. The van der Waals surface area contributed by atoms with Crippen molar-refractivity contribution in [3.8, 4) is 0 Å². The van der Waals surface area contributed by atoms with E-state index in [-0.39, 0.29) is 11.9 Å². The third-order valence-electron chi connectivity index (χ3n) is 3.73. The zero-order valence-corrected chi connectivity index (χ0v) is 11.5. The van der Waals surface area contributed by atoms with E-state index in [1.165, 1.54) is 0 Å². The van der Waals surface area contributed by atoms with Crippen molar-refractivity contribution in [1.29, 1.82) is 0 Å². The lowest BCUT2D eigenvalue weighted by Gasteiger charge is -2.35. The first-order valence-corrected chi connectivity index (χ1v) is 6.51. The molecule has 6 heteroatoms. The molecule has 0 radical (unpaired) electrons. The highest BCUT2D eigenvalue weighted by molar-refractivity contribution is 5.98. The molecule has 1 fully saturated rings. The lowest BCUT2D eigenvalue weighted by molar-refractivity contribution is 0.0660. The van der Waals surface area contributed by atoms with Crippen LogP contribution in [0.1, 0.15) is 23.2 Å². The highest BCUT2D eigenvalue weighted by Gasteiger charge is 2.26.